The first-order chi connectivity index (χ1) is 9.71. The second kappa shape index (κ2) is 9.37. The molecule has 2 N–H and O–H groups in total. The highest BCUT2D eigenvalue weighted by Gasteiger charge is 2.08. The van der Waals surface area contributed by atoms with Crippen LogP contribution in [0.5, 0.6) is 5.75 Å². The van der Waals surface area contributed by atoms with E-state index >= 15 is 0 Å². The van der Waals surface area contributed by atoms with Crippen molar-refractivity contribution in [3.63, 3.8) is 0 Å². The Hall–Kier alpha value is -1.55. The molecular formula is C16H27N2O2+. The van der Waals surface area contributed by atoms with Crippen LogP contribution >= 0.6 is 0 Å². The molecular weight excluding hydrogens is 252 g/mol. The zero-order chi connectivity index (χ0) is 14.8. The first kappa shape index (κ1) is 16.5. The Morgan fingerprint density at radius 2 is 1.95 bits per heavy atom. The third-order valence-electron chi connectivity index (χ3n) is 3.57. The Bertz CT molecular complexity index is 403. The summed E-state index contributed by atoms with van der Waals surface area (Å²) in [6.45, 7) is 8.54. The number of methoxy groups -OCH3 is 1. The molecule has 0 radical (unpaired) electrons. The molecule has 0 atom stereocenters. The number of amides is 1. The predicted octanol–water partition coefficient (Wildman–Crippen LogP) is 0.669. The van der Waals surface area contributed by atoms with Crippen LogP contribution in [-0.2, 0) is 11.2 Å². The van der Waals surface area contributed by atoms with Crippen molar-refractivity contribution in [1.29, 1.82) is 0 Å². The number of nitrogens with one attached hydrogen (secondary N) is 2. The van der Waals surface area contributed by atoms with E-state index in [0.717, 1.165) is 43.9 Å². The lowest BCUT2D eigenvalue weighted by atomic mass is 10.1. The van der Waals surface area contributed by atoms with Gasteiger partial charge in [0, 0.05) is 18.5 Å². The van der Waals surface area contributed by atoms with Crippen LogP contribution in [0.4, 0.5) is 0 Å². The highest BCUT2D eigenvalue weighted by Crippen LogP contribution is 2.17. The Labute approximate surface area is 122 Å². The van der Waals surface area contributed by atoms with Gasteiger partial charge < -0.3 is 15.0 Å². The summed E-state index contributed by atoms with van der Waals surface area (Å²) >= 11 is 0. The summed E-state index contributed by atoms with van der Waals surface area (Å²) in [4.78, 5) is 13.5. The summed E-state index contributed by atoms with van der Waals surface area (Å²) in [5.74, 6) is 0.833. The average molecular weight is 279 g/mol. The molecule has 0 spiro atoms. The first-order valence-corrected chi connectivity index (χ1v) is 7.43. The second-order valence-electron chi connectivity index (χ2n) is 4.90. The number of benzene rings is 1. The molecule has 0 bridgehead atoms. The van der Waals surface area contributed by atoms with Crippen LogP contribution in [0.3, 0.4) is 0 Å². The molecule has 0 saturated carbocycles. The molecule has 0 fully saturated rings. The molecule has 0 saturated heterocycles. The number of para-hydroxylation sites is 1. The number of hydrogen-bond acceptors (Lipinski definition) is 2. The molecule has 0 aliphatic heterocycles. The van der Waals surface area contributed by atoms with Gasteiger partial charge in [-0.05, 0) is 19.9 Å². The molecule has 0 heterocycles. The number of carbonyl (C=O) groups is 1. The molecule has 4 heteroatoms. The van der Waals surface area contributed by atoms with Gasteiger partial charge in [-0.15, -0.1) is 0 Å². The molecule has 4 nitrogen and oxygen atoms in total. The van der Waals surface area contributed by atoms with Crippen LogP contribution in [-0.4, -0.2) is 39.2 Å². The van der Waals surface area contributed by atoms with E-state index in [1.807, 2.05) is 24.3 Å². The topological polar surface area (TPSA) is 42.8 Å². The maximum Gasteiger partial charge on any atom is 0.224 e. The van der Waals surface area contributed by atoms with Gasteiger partial charge in [0.05, 0.1) is 33.2 Å². The number of carbonyl (C=O) groups excluding carboxylic acids is 1. The summed E-state index contributed by atoms with van der Waals surface area (Å²) < 4.78 is 5.25. The number of ether oxygens (including phenoxy) is 1. The van der Waals surface area contributed by atoms with Gasteiger partial charge >= 0.3 is 0 Å². The zero-order valence-electron chi connectivity index (χ0n) is 12.9. The number of quaternary nitrogens is 1. The van der Waals surface area contributed by atoms with E-state index in [1.165, 1.54) is 0 Å². The van der Waals surface area contributed by atoms with Gasteiger partial charge in [-0.25, -0.2) is 0 Å². The van der Waals surface area contributed by atoms with E-state index in [2.05, 4.69) is 19.2 Å². The summed E-state index contributed by atoms with van der Waals surface area (Å²) in [5, 5.41) is 2.98. The van der Waals surface area contributed by atoms with E-state index < -0.39 is 0 Å². The highest BCUT2D eigenvalue weighted by atomic mass is 16.5. The molecule has 1 aromatic carbocycles. The van der Waals surface area contributed by atoms with Gasteiger partial charge in [0.15, 0.2) is 0 Å². The Kier molecular flexibility index (Phi) is 7.73. The van der Waals surface area contributed by atoms with E-state index in [0.29, 0.717) is 6.42 Å². The van der Waals surface area contributed by atoms with Crippen molar-refractivity contribution in [2.45, 2.75) is 26.7 Å². The normalized spacial score (nSPS) is 10.6. The van der Waals surface area contributed by atoms with Crippen LogP contribution in [0, 0.1) is 0 Å². The van der Waals surface area contributed by atoms with Crippen molar-refractivity contribution in [2.24, 2.45) is 0 Å². The van der Waals surface area contributed by atoms with Gasteiger partial charge in [-0.3, -0.25) is 4.79 Å². The number of hydrogen-bond donors (Lipinski definition) is 2. The summed E-state index contributed by atoms with van der Waals surface area (Å²) in [5.41, 5.74) is 0.932. The third kappa shape index (κ3) is 5.61. The molecule has 1 amide bonds. The predicted molar refractivity (Wildman–Crippen MR) is 81.2 cm³/mol. The molecule has 0 aromatic heterocycles. The molecule has 112 valence electrons. The molecule has 1 rings (SSSR count). The van der Waals surface area contributed by atoms with Crippen LogP contribution in [0.1, 0.15) is 25.8 Å². The minimum Gasteiger partial charge on any atom is -0.496 e. The lowest BCUT2D eigenvalue weighted by molar-refractivity contribution is -0.896. The Morgan fingerprint density at radius 3 is 2.60 bits per heavy atom. The molecule has 0 aliphatic carbocycles. The van der Waals surface area contributed by atoms with Gasteiger partial charge in [0.25, 0.3) is 0 Å². The van der Waals surface area contributed by atoms with E-state index in [-0.39, 0.29) is 5.91 Å². The summed E-state index contributed by atoms with van der Waals surface area (Å²) in [6.07, 6.45) is 1.40. The van der Waals surface area contributed by atoms with Gasteiger partial charge in [-0.2, -0.15) is 0 Å². The van der Waals surface area contributed by atoms with Gasteiger partial charge in [0.1, 0.15) is 5.75 Å². The molecule has 0 aliphatic rings. The van der Waals surface area contributed by atoms with Crippen molar-refractivity contribution in [3.05, 3.63) is 29.8 Å². The van der Waals surface area contributed by atoms with E-state index in [4.69, 9.17) is 4.74 Å². The Balaban J connectivity index is 2.30. The van der Waals surface area contributed by atoms with Crippen LogP contribution < -0.4 is 15.0 Å². The van der Waals surface area contributed by atoms with E-state index in [9.17, 15) is 4.79 Å². The zero-order valence-corrected chi connectivity index (χ0v) is 12.9. The van der Waals surface area contributed by atoms with Crippen molar-refractivity contribution in [1.82, 2.24) is 5.32 Å². The van der Waals surface area contributed by atoms with Crippen LogP contribution in [0.25, 0.3) is 0 Å². The lowest BCUT2D eigenvalue weighted by Crippen LogP contribution is -3.11. The molecule has 0 unspecified atom stereocenters. The smallest absolute Gasteiger partial charge is 0.224 e. The fourth-order valence-electron chi connectivity index (χ4n) is 2.25. The first-order valence-electron chi connectivity index (χ1n) is 7.43. The van der Waals surface area contributed by atoms with Gasteiger partial charge in [-0.1, -0.05) is 18.2 Å². The maximum absolute atomic E-state index is 11.9. The maximum atomic E-state index is 11.9. The van der Waals surface area contributed by atoms with Crippen molar-refractivity contribution < 1.29 is 14.4 Å². The molecule has 1 aromatic rings. The largest absolute Gasteiger partial charge is 0.496 e. The fourth-order valence-corrected chi connectivity index (χ4v) is 2.25. The summed E-state index contributed by atoms with van der Waals surface area (Å²) in [7, 11) is 1.63. The number of rotatable bonds is 9. The minimum absolute atomic E-state index is 0.0593. The second-order valence-corrected chi connectivity index (χ2v) is 4.90. The van der Waals surface area contributed by atoms with Gasteiger partial charge in [0.2, 0.25) is 5.91 Å². The van der Waals surface area contributed by atoms with E-state index in [1.54, 1.807) is 12.0 Å². The van der Waals surface area contributed by atoms with Crippen molar-refractivity contribution in [3.8, 4) is 5.75 Å². The minimum atomic E-state index is 0.0593. The highest BCUT2D eigenvalue weighted by molar-refractivity contribution is 5.79. The summed E-state index contributed by atoms with van der Waals surface area (Å²) in [6, 6.07) is 7.65. The Morgan fingerprint density at radius 1 is 1.25 bits per heavy atom. The fraction of sp³-hybridized carbons (Fsp3) is 0.562. The lowest BCUT2D eigenvalue weighted by Gasteiger charge is -2.15. The quantitative estimate of drug-likeness (QED) is 0.653. The monoisotopic (exact) mass is 279 g/mol. The van der Waals surface area contributed by atoms with Crippen LogP contribution in [0.15, 0.2) is 24.3 Å². The van der Waals surface area contributed by atoms with Crippen LogP contribution in [0.2, 0.25) is 0 Å². The third-order valence-corrected chi connectivity index (χ3v) is 3.57. The average Bonchev–Trinajstić information content (AvgIpc) is 2.48. The van der Waals surface area contributed by atoms with Crippen molar-refractivity contribution >= 4 is 5.91 Å². The SMILES string of the molecule is CC[NH+](CC)CCCNC(=O)Cc1ccccc1OC. The molecule has 20 heavy (non-hydrogen) atoms. The standard InChI is InChI=1S/C16H26N2O2/c1-4-18(5-2)12-8-11-17-16(19)13-14-9-6-7-10-15(14)20-3/h6-7,9-10H,4-5,8,11-13H2,1-3H3,(H,17,19)/p+1. The van der Waals surface area contributed by atoms with Crippen molar-refractivity contribution in [2.75, 3.05) is 33.3 Å².